The van der Waals surface area contributed by atoms with E-state index < -0.39 is 17.5 Å². The van der Waals surface area contributed by atoms with Crippen LogP contribution in [0.2, 0.25) is 0 Å². The number of amides is 1. The quantitative estimate of drug-likeness (QED) is 0.934. The summed E-state index contributed by atoms with van der Waals surface area (Å²) in [7, 11) is 0. The van der Waals surface area contributed by atoms with Crippen molar-refractivity contribution in [3.8, 4) is 0 Å². The van der Waals surface area contributed by atoms with Crippen LogP contribution in [0.4, 0.5) is 14.5 Å². The van der Waals surface area contributed by atoms with Crippen molar-refractivity contribution in [3.05, 3.63) is 45.9 Å². The maximum absolute atomic E-state index is 13.4. The molecule has 2 rings (SSSR count). The van der Waals surface area contributed by atoms with Crippen LogP contribution in [0.1, 0.15) is 30.5 Å². The fraction of sp³-hybridized carbons (Fsp3) is 0.286. The van der Waals surface area contributed by atoms with Crippen molar-refractivity contribution in [1.82, 2.24) is 4.98 Å². The second-order valence-electron chi connectivity index (χ2n) is 4.68. The van der Waals surface area contributed by atoms with Gasteiger partial charge in [0.05, 0.1) is 22.8 Å². The van der Waals surface area contributed by atoms with Gasteiger partial charge in [-0.1, -0.05) is 13.8 Å². The van der Waals surface area contributed by atoms with Gasteiger partial charge >= 0.3 is 0 Å². The molecule has 1 aromatic carbocycles. The Hall–Kier alpha value is -1.82. The number of carbonyl (C=O) groups excluding carboxylic acids is 1. The van der Waals surface area contributed by atoms with Gasteiger partial charge in [0.25, 0.3) is 0 Å². The predicted molar refractivity (Wildman–Crippen MR) is 74.9 cm³/mol. The van der Waals surface area contributed by atoms with Gasteiger partial charge in [0.15, 0.2) is 0 Å². The normalized spacial score (nSPS) is 10.8. The molecule has 3 nitrogen and oxygen atoms in total. The average molecular weight is 296 g/mol. The fourth-order valence-electron chi connectivity index (χ4n) is 1.62. The van der Waals surface area contributed by atoms with E-state index in [1.807, 2.05) is 13.8 Å². The van der Waals surface area contributed by atoms with E-state index in [0.29, 0.717) is 11.6 Å². The number of nitrogens with one attached hydrogen (secondary N) is 1. The Bertz CT molecular complexity index is 625. The van der Waals surface area contributed by atoms with Crippen molar-refractivity contribution < 1.29 is 13.6 Å². The monoisotopic (exact) mass is 296 g/mol. The summed E-state index contributed by atoms with van der Waals surface area (Å²) < 4.78 is 26.4. The number of hydrogen-bond donors (Lipinski definition) is 1. The molecule has 1 amide bonds. The summed E-state index contributed by atoms with van der Waals surface area (Å²) in [5.74, 6) is -1.38. The second kappa shape index (κ2) is 6.09. The summed E-state index contributed by atoms with van der Waals surface area (Å²) >= 11 is 1.49. The third-order valence-electron chi connectivity index (χ3n) is 2.61. The molecular weight excluding hydrogens is 282 g/mol. The molecule has 0 unspecified atom stereocenters. The van der Waals surface area contributed by atoms with Crippen LogP contribution < -0.4 is 5.32 Å². The minimum absolute atomic E-state index is 0.0408. The Kier molecular flexibility index (Phi) is 4.44. The number of rotatable bonds is 4. The minimum Gasteiger partial charge on any atom is -0.323 e. The van der Waals surface area contributed by atoms with Crippen molar-refractivity contribution in [2.75, 3.05) is 5.32 Å². The van der Waals surface area contributed by atoms with Gasteiger partial charge in [-0.25, -0.2) is 13.8 Å². The van der Waals surface area contributed by atoms with E-state index in [9.17, 15) is 13.6 Å². The van der Waals surface area contributed by atoms with Crippen LogP contribution in [-0.2, 0) is 11.2 Å². The Morgan fingerprint density at radius 2 is 2.15 bits per heavy atom. The van der Waals surface area contributed by atoms with Gasteiger partial charge in [0, 0.05) is 17.4 Å². The molecular formula is C14H14F2N2OS. The molecule has 1 heterocycles. The Balaban J connectivity index is 2.03. The molecule has 0 saturated heterocycles. The molecule has 0 radical (unpaired) electrons. The van der Waals surface area contributed by atoms with Crippen LogP contribution in [0.15, 0.2) is 23.6 Å². The smallest absolute Gasteiger partial charge is 0.230 e. The van der Waals surface area contributed by atoms with Gasteiger partial charge in [-0.15, -0.1) is 11.3 Å². The van der Waals surface area contributed by atoms with Crippen LogP contribution >= 0.6 is 11.3 Å². The van der Waals surface area contributed by atoms with Crippen molar-refractivity contribution in [1.29, 1.82) is 0 Å². The standard InChI is InChI=1S/C14H14F2N2OS/c1-8(2)14-17-10(7-20-14)6-13(19)18-12-5-9(15)3-4-11(12)16/h3-5,7-8H,6H2,1-2H3,(H,18,19). The van der Waals surface area contributed by atoms with E-state index in [-0.39, 0.29) is 12.1 Å². The molecule has 0 aliphatic heterocycles. The van der Waals surface area contributed by atoms with E-state index >= 15 is 0 Å². The Labute approximate surface area is 119 Å². The van der Waals surface area contributed by atoms with Crippen LogP contribution in [0.3, 0.4) is 0 Å². The van der Waals surface area contributed by atoms with E-state index in [1.165, 1.54) is 11.3 Å². The largest absolute Gasteiger partial charge is 0.323 e. The average Bonchev–Trinajstić information content (AvgIpc) is 2.82. The summed E-state index contributed by atoms with van der Waals surface area (Å²) in [4.78, 5) is 16.1. The highest BCUT2D eigenvalue weighted by molar-refractivity contribution is 7.09. The maximum atomic E-state index is 13.4. The molecule has 0 fully saturated rings. The van der Waals surface area contributed by atoms with Crippen molar-refractivity contribution >= 4 is 22.9 Å². The van der Waals surface area contributed by atoms with Crippen LogP contribution in [-0.4, -0.2) is 10.9 Å². The predicted octanol–water partition coefficient (Wildman–Crippen LogP) is 3.73. The van der Waals surface area contributed by atoms with Gasteiger partial charge in [-0.3, -0.25) is 4.79 Å². The first-order valence-electron chi connectivity index (χ1n) is 6.15. The van der Waals surface area contributed by atoms with E-state index in [1.54, 1.807) is 5.38 Å². The van der Waals surface area contributed by atoms with Gasteiger partial charge in [0.1, 0.15) is 11.6 Å². The number of halogens is 2. The van der Waals surface area contributed by atoms with Crippen molar-refractivity contribution in [3.63, 3.8) is 0 Å². The second-order valence-corrected chi connectivity index (χ2v) is 5.57. The zero-order valence-corrected chi connectivity index (χ0v) is 11.9. The lowest BCUT2D eigenvalue weighted by atomic mass is 10.2. The topological polar surface area (TPSA) is 42.0 Å². The van der Waals surface area contributed by atoms with Crippen molar-refractivity contribution in [2.45, 2.75) is 26.2 Å². The highest BCUT2D eigenvalue weighted by Gasteiger charge is 2.12. The first-order chi connectivity index (χ1) is 9.45. The maximum Gasteiger partial charge on any atom is 0.230 e. The number of aromatic nitrogens is 1. The summed E-state index contributed by atoms with van der Waals surface area (Å²) in [6.07, 6.45) is 0.0408. The number of anilines is 1. The summed E-state index contributed by atoms with van der Waals surface area (Å²) in [6, 6.07) is 2.93. The van der Waals surface area contributed by atoms with Crippen molar-refractivity contribution in [2.24, 2.45) is 0 Å². The number of hydrogen-bond acceptors (Lipinski definition) is 3. The highest BCUT2D eigenvalue weighted by atomic mass is 32.1. The number of nitrogens with zero attached hydrogens (tertiary/aromatic N) is 1. The first-order valence-corrected chi connectivity index (χ1v) is 7.03. The lowest BCUT2D eigenvalue weighted by Crippen LogP contribution is -2.15. The molecule has 20 heavy (non-hydrogen) atoms. The first kappa shape index (κ1) is 14.6. The van der Waals surface area contributed by atoms with Crippen LogP contribution in [0.5, 0.6) is 0 Å². The summed E-state index contributed by atoms with van der Waals surface area (Å²) in [5, 5.41) is 5.10. The molecule has 0 bridgehead atoms. The molecule has 2 aromatic rings. The molecule has 0 aliphatic rings. The molecule has 0 atom stereocenters. The van der Waals surface area contributed by atoms with Gasteiger partial charge in [-0.05, 0) is 12.1 Å². The molecule has 6 heteroatoms. The van der Waals surface area contributed by atoms with Gasteiger partial charge in [0.2, 0.25) is 5.91 Å². The molecule has 0 spiro atoms. The molecule has 1 aromatic heterocycles. The van der Waals surface area contributed by atoms with Gasteiger partial charge in [-0.2, -0.15) is 0 Å². The Morgan fingerprint density at radius 1 is 1.40 bits per heavy atom. The fourth-order valence-corrected chi connectivity index (χ4v) is 2.46. The number of benzene rings is 1. The number of thiazole rings is 1. The van der Waals surface area contributed by atoms with Crippen LogP contribution in [0.25, 0.3) is 0 Å². The van der Waals surface area contributed by atoms with Gasteiger partial charge < -0.3 is 5.32 Å². The summed E-state index contributed by atoms with van der Waals surface area (Å²) in [6.45, 7) is 4.04. The summed E-state index contributed by atoms with van der Waals surface area (Å²) in [5.41, 5.74) is 0.474. The molecule has 106 valence electrons. The third kappa shape index (κ3) is 3.60. The Morgan fingerprint density at radius 3 is 2.80 bits per heavy atom. The molecule has 0 aliphatic carbocycles. The zero-order valence-electron chi connectivity index (χ0n) is 11.1. The van der Waals surface area contributed by atoms with E-state index in [2.05, 4.69) is 10.3 Å². The van der Waals surface area contributed by atoms with E-state index in [0.717, 1.165) is 23.2 Å². The lowest BCUT2D eigenvalue weighted by molar-refractivity contribution is -0.115. The van der Waals surface area contributed by atoms with Crippen LogP contribution in [0, 0.1) is 11.6 Å². The number of carbonyl (C=O) groups is 1. The zero-order chi connectivity index (χ0) is 14.7. The third-order valence-corrected chi connectivity index (χ3v) is 3.80. The minimum atomic E-state index is -0.666. The molecule has 0 saturated carbocycles. The van der Waals surface area contributed by atoms with E-state index in [4.69, 9.17) is 0 Å². The highest BCUT2D eigenvalue weighted by Crippen LogP contribution is 2.20. The SMILES string of the molecule is CC(C)c1nc(CC(=O)Nc2cc(F)ccc2F)cs1. The lowest BCUT2D eigenvalue weighted by Gasteiger charge is -2.05. The molecule has 1 N–H and O–H groups in total.